The van der Waals surface area contributed by atoms with E-state index in [4.69, 9.17) is 0 Å². The second-order valence-corrected chi connectivity index (χ2v) is 9.98. The number of rotatable bonds is 5. The fourth-order valence-corrected chi connectivity index (χ4v) is 6.83. The van der Waals surface area contributed by atoms with Crippen LogP contribution in [0.25, 0.3) is 11.1 Å². The lowest BCUT2D eigenvalue weighted by atomic mass is 9.49. The lowest BCUT2D eigenvalue weighted by molar-refractivity contribution is -0.0503. The highest BCUT2D eigenvalue weighted by molar-refractivity contribution is 5.99. The summed E-state index contributed by atoms with van der Waals surface area (Å²) in [5.41, 5.74) is 3.50. The third kappa shape index (κ3) is 3.42. The van der Waals surface area contributed by atoms with Crippen molar-refractivity contribution in [2.24, 2.45) is 23.2 Å². The minimum Gasteiger partial charge on any atom is -0.478 e. The van der Waals surface area contributed by atoms with Crippen LogP contribution in [0.15, 0.2) is 42.5 Å². The Balaban J connectivity index is 1.37. The van der Waals surface area contributed by atoms with Gasteiger partial charge in [0.2, 0.25) is 0 Å². The zero-order chi connectivity index (χ0) is 20.9. The van der Waals surface area contributed by atoms with Crippen LogP contribution in [-0.4, -0.2) is 23.5 Å². The van der Waals surface area contributed by atoms with Crippen LogP contribution < -0.4 is 5.32 Å². The molecule has 4 nitrogen and oxygen atoms in total. The van der Waals surface area contributed by atoms with E-state index >= 15 is 0 Å². The minimum atomic E-state index is -0.959. The summed E-state index contributed by atoms with van der Waals surface area (Å²) >= 11 is 0. The fourth-order valence-electron chi connectivity index (χ4n) is 6.83. The first-order valence-corrected chi connectivity index (χ1v) is 11.1. The van der Waals surface area contributed by atoms with E-state index in [2.05, 4.69) is 5.32 Å². The third-order valence-electron chi connectivity index (χ3n) is 7.74. The van der Waals surface area contributed by atoms with Gasteiger partial charge in [-0.3, -0.25) is 4.79 Å². The van der Waals surface area contributed by atoms with E-state index in [1.54, 1.807) is 18.2 Å². The minimum absolute atomic E-state index is 0.0436. The van der Waals surface area contributed by atoms with Gasteiger partial charge in [-0.05, 0) is 97.4 Å². The highest BCUT2D eigenvalue weighted by Crippen LogP contribution is 2.59. The smallest absolute Gasteiger partial charge is 0.336 e. The predicted octanol–water partition coefficient (Wildman–Crippen LogP) is 5.31. The van der Waals surface area contributed by atoms with Crippen molar-refractivity contribution >= 4 is 11.9 Å². The Morgan fingerprint density at radius 3 is 2.23 bits per heavy atom. The highest BCUT2D eigenvalue weighted by atomic mass is 16.4. The lowest BCUT2D eigenvalue weighted by Crippen LogP contribution is -2.51. The van der Waals surface area contributed by atoms with Crippen LogP contribution in [0.1, 0.15) is 64.8 Å². The van der Waals surface area contributed by atoms with Gasteiger partial charge in [-0.2, -0.15) is 0 Å². The van der Waals surface area contributed by atoms with Crippen LogP contribution in [0.4, 0.5) is 0 Å². The Morgan fingerprint density at radius 1 is 0.967 bits per heavy atom. The number of nitrogens with one attached hydrogen (secondary N) is 1. The van der Waals surface area contributed by atoms with Gasteiger partial charge in [-0.25, -0.2) is 4.79 Å². The van der Waals surface area contributed by atoms with Crippen LogP contribution >= 0.6 is 0 Å². The SMILES string of the molecule is Cc1ccc(-c2ccccc2C(=O)O)cc1C(=O)NCC12CC3CC(CC(C3)C1)C2. The van der Waals surface area contributed by atoms with Crippen molar-refractivity contribution in [1.82, 2.24) is 5.32 Å². The summed E-state index contributed by atoms with van der Waals surface area (Å²) in [6, 6.07) is 12.6. The van der Waals surface area contributed by atoms with Gasteiger partial charge in [0.25, 0.3) is 5.91 Å². The zero-order valence-corrected chi connectivity index (χ0v) is 17.5. The number of aryl methyl sites for hydroxylation is 1. The molecule has 6 rings (SSSR count). The van der Waals surface area contributed by atoms with Gasteiger partial charge in [0.05, 0.1) is 5.56 Å². The molecule has 0 saturated heterocycles. The predicted molar refractivity (Wildman–Crippen MR) is 117 cm³/mol. The van der Waals surface area contributed by atoms with Crippen molar-refractivity contribution in [2.75, 3.05) is 6.54 Å². The average Bonchev–Trinajstić information content (AvgIpc) is 2.71. The van der Waals surface area contributed by atoms with E-state index in [-0.39, 0.29) is 11.5 Å². The monoisotopic (exact) mass is 403 g/mol. The van der Waals surface area contributed by atoms with Gasteiger partial charge >= 0.3 is 5.97 Å². The molecule has 0 heterocycles. The van der Waals surface area contributed by atoms with E-state index in [9.17, 15) is 14.7 Å². The molecule has 4 saturated carbocycles. The number of carboxylic acid groups (broad SMARTS) is 1. The molecular weight excluding hydrogens is 374 g/mol. The molecule has 4 aliphatic carbocycles. The molecule has 0 unspecified atom stereocenters. The largest absolute Gasteiger partial charge is 0.478 e. The van der Waals surface area contributed by atoms with Gasteiger partial charge in [0.1, 0.15) is 0 Å². The molecule has 4 heteroatoms. The van der Waals surface area contributed by atoms with E-state index in [0.29, 0.717) is 16.5 Å². The topological polar surface area (TPSA) is 66.4 Å². The van der Waals surface area contributed by atoms with Crippen molar-refractivity contribution in [3.05, 3.63) is 59.2 Å². The first-order valence-electron chi connectivity index (χ1n) is 11.1. The Labute approximate surface area is 177 Å². The summed E-state index contributed by atoms with van der Waals surface area (Å²) in [6.45, 7) is 2.71. The normalized spacial score (nSPS) is 29.0. The zero-order valence-electron chi connectivity index (χ0n) is 17.5. The number of carbonyl (C=O) groups is 2. The summed E-state index contributed by atoms with van der Waals surface area (Å²) in [5, 5.41) is 12.8. The molecule has 4 fully saturated rings. The maximum Gasteiger partial charge on any atom is 0.336 e. The van der Waals surface area contributed by atoms with Crippen LogP contribution in [-0.2, 0) is 0 Å². The molecule has 2 N–H and O–H groups in total. The molecule has 2 aromatic carbocycles. The number of carboxylic acids is 1. The molecule has 156 valence electrons. The molecular formula is C26H29NO3. The van der Waals surface area contributed by atoms with E-state index in [1.165, 1.54) is 38.5 Å². The number of aromatic carboxylic acids is 1. The van der Waals surface area contributed by atoms with Crippen molar-refractivity contribution in [3.8, 4) is 11.1 Å². The molecule has 0 atom stereocenters. The Kier molecular flexibility index (Phi) is 4.68. The number of amides is 1. The summed E-state index contributed by atoms with van der Waals surface area (Å²) < 4.78 is 0. The number of carbonyl (C=O) groups excluding carboxylic acids is 1. The Hall–Kier alpha value is -2.62. The number of hydrogen-bond acceptors (Lipinski definition) is 2. The molecule has 0 aliphatic heterocycles. The second-order valence-electron chi connectivity index (χ2n) is 9.98. The molecule has 0 radical (unpaired) electrons. The van der Waals surface area contributed by atoms with Crippen molar-refractivity contribution in [3.63, 3.8) is 0 Å². The number of hydrogen-bond donors (Lipinski definition) is 2. The van der Waals surface area contributed by atoms with Crippen LogP contribution in [0.5, 0.6) is 0 Å². The van der Waals surface area contributed by atoms with Crippen LogP contribution in [0, 0.1) is 30.1 Å². The average molecular weight is 404 g/mol. The second kappa shape index (κ2) is 7.26. The molecule has 4 bridgehead atoms. The lowest BCUT2D eigenvalue weighted by Gasteiger charge is -2.56. The van der Waals surface area contributed by atoms with Gasteiger partial charge in [0.15, 0.2) is 0 Å². The summed E-state index contributed by atoms with van der Waals surface area (Å²) in [6.07, 6.45) is 8.00. The summed E-state index contributed by atoms with van der Waals surface area (Å²) in [4.78, 5) is 24.7. The van der Waals surface area contributed by atoms with E-state index in [0.717, 1.165) is 35.4 Å². The van der Waals surface area contributed by atoms with E-state index < -0.39 is 5.97 Å². The fraction of sp³-hybridized carbons (Fsp3) is 0.462. The number of benzene rings is 2. The van der Waals surface area contributed by atoms with Gasteiger partial charge in [0, 0.05) is 12.1 Å². The standard InChI is InChI=1S/C26H29NO3/c1-16-6-7-20(21-4-2-3-5-22(21)25(29)30)11-23(16)24(28)27-15-26-12-17-8-18(13-26)10-19(9-17)14-26/h2-7,11,17-19H,8-10,12-15H2,1H3,(H,27,28)(H,29,30). The first-order chi connectivity index (χ1) is 14.4. The Bertz CT molecular complexity index is 974. The van der Waals surface area contributed by atoms with Crippen molar-refractivity contribution < 1.29 is 14.7 Å². The quantitative estimate of drug-likeness (QED) is 0.711. The Morgan fingerprint density at radius 2 is 1.60 bits per heavy atom. The van der Waals surface area contributed by atoms with Crippen molar-refractivity contribution in [2.45, 2.75) is 45.4 Å². The van der Waals surface area contributed by atoms with Gasteiger partial charge < -0.3 is 10.4 Å². The van der Waals surface area contributed by atoms with Gasteiger partial charge in [-0.15, -0.1) is 0 Å². The molecule has 0 aromatic heterocycles. The molecule has 2 aromatic rings. The molecule has 0 spiro atoms. The summed E-state index contributed by atoms with van der Waals surface area (Å²) in [5.74, 6) is 1.60. The molecule has 30 heavy (non-hydrogen) atoms. The van der Waals surface area contributed by atoms with Gasteiger partial charge in [-0.1, -0.05) is 30.3 Å². The first kappa shape index (κ1) is 19.3. The van der Waals surface area contributed by atoms with E-state index in [1.807, 2.05) is 31.2 Å². The summed E-state index contributed by atoms with van der Waals surface area (Å²) in [7, 11) is 0. The maximum absolute atomic E-state index is 13.1. The molecule has 1 amide bonds. The van der Waals surface area contributed by atoms with Crippen molar-refractivity contribution in [1.29, 1.82) is 0 Å². The molecule has 4 aliphatic rings. The van der Waals surface area contributed by atoms with Crippen LogP contribution in [0.2, 0.25) is 0 Å². The maximum atomic E-state index is 13.1. The highest BCUT2D eigenvalue weighted by Gasteiger charge is 2.50. The third-order valence-corrected chi connectivity index (χ3v) is 7.74. The van der Waals surface area contributed by atoms with Crippen LogP contribution in [0.3, 0.4) is 0 Å².